The number of aromatic amines is 1. The fourth-order valence-electron chi connectivity index (χ4n) is 2.63. The number of H-pyrrole nitrogens is 1. The first-order chi connectivity index (χ1) is 13.2. The lowest BCUT2D eigenvalue weighted by Gasteiger charge is -2.09. The van der Waals surface area contributed by atoms with Gasteiger partial charge in [0.1, 0.15) is 0 Å². The number of nitrogens with one attached hydrogen (secondary N) is 1. The third-order valence-corrected chi connectivity index (χ3v) is 4.63. The maximum absolute atomic E-state index is 12.9. The van der Waals surface area contributed by atoms with Crippen LogP contribution in [-0.2, 0) is 0 Å². The Kier molecular flexibility index (Phi) is 5.50. The Morgan fingerprint density at radius 2 is 2.04 bits per heavy atom. The molecule has 0 unspecified atom stereocenters. The molecule has 2 aromatic carbocycles. The summed E-state index contributed by atoms with van der Waals surface area (Å²) in [6.45, 7) is 1.89. The zero-order valence-electron chi connectivity index (χ0n) is 14.2. The number of hydrogen-bond donors (Lipinski definition) is 1. The summed E-state index contributed by atoms with van der Waals surface area (Å²) < 4.78 is 5.69. The maximum atomic E-state index is 12.9. The highest BCUT2D eigenvalue weighted by Crippen LogP contribution is 2.29. The number of halogens is 2. The zero-order valence-corrected chi connectivity index (χ0v) is 16.5. The van der Waals surface area contributed by atoms with E-state index in [1.165, 1.54) is 24.3 Å². The van der Waals surface area contributed by atoms with Crippen LogP contribution >= 0.6 is 35.4 Å². The Morgan fingerprint density at radius 1 is 1.32 bits per heavy atom. The molecule has 144 valence electrons. The van der Waals surface area contributed by atoms with Crippen molar-refractivity contribution in [3.63, 3.8) is 0 Å². The topological polar surface area (TPSA) is 107 Å². The Morgan fingerprint density at radius 3 is 2.68 bits per heavy atom. The highest BCUT2D eigenvalue weighted by Gasteiger charge is 2.22. The molecule has 0 radical (unpaired) electrons. The lowest BCUT2D eigenvalue weighted by molar-refractivity contribution is -0.385. The van der Waals surface area contributed by atoms with Crippen molar-refractivity contribution in [3.8, 4) is 5.75 Å². The summed E-state index contributed by atoms with van der Waals surface area (Å²) >= 11 is 17.1. The lowest BCUT2D eigenvalue weighted by Crippen LogP contribution is -2.29. The van der Waals surface area contributed by atoms with Gasteiger partial charge in [0, 0.05) is 16.7 Å². The number of carbonyl (C=O) groups excluding carboxylic acids is 1. The van der Waals surface area contributed by atoms with Gasteiger partial charge in [-0.2, -0.15) is 0 Å². The first-order valence-electron chi connectivity index (χ1n) is 7.84. The number of aromatic nitrogens is 2. The molecule has 0 spiro atoms. The van der Waals surface area contributed by atoms with Crippen molar-refractivity contribution in [1.29, 1.82) is 0 Å². The molecule has 0 atom stereocenters. The number of nitrogens with zero attached hydrogens (tertiary/aromatic N) is 2. The van der Waals surface area contributed by atoms with E-state index in [-0.39, 0.29) is 43.6 Å². The predicted octanol–water partition coefficient (Wildman–Crippen LogP) is 4.36. The number of nitro benzene ring substituents is 1. The molecule has 1 heterocycles. The van der Waals surface area contributed by atoms with Gasteiger partial charge in [-0.3, -0.25) is 19.7 Å². The van der Waals surface area contributed by atoms with Crippen LogP contribution in [0.15, 0.2) is 35.1 Å². The number of rotatable bonds is 4. The standard InChI is InChI=1S/C17H11Cl2N3O5S/c1-2-27-13-4-3-8(5-12(13)22(25)26)15(23)21-16(24)10-6-9(18)7-11(19)14(10)20-17(21)28/h3-7H,2H2,1H3,(H,20,28). The van der Waals surface area contributed by atoms with Crippen LogP contribution in [0.2, 0.25) is 10.0 Å². The molecule has 1 aromatic heterocycles. The monoisotopic (exact) mass is 439 g/mol. The molecular weight excluding hydrogens is 429 g/mol. The van der Waals surface area contributed by atoms with E-state index in [0.717, 1.165) is 6.07 Å². The molecule has 3 aromatic rings. The minimum absolute atomic E-state index is 0.0126. The van der Waals surface area contributed by atoms with Crippen LogP contribution in [0.1, 0.15) is 17.3 Å². The van der Waals surface area contributed by atoms with Crippen LogP contribution < -0.4 is 10.3 Å². The molecule has 0 aliphatic heterocycles. The second kappa shape index (κ2) is 7.70. The molecule has 28 heavy (non-hydrogen) atoms. The smallest absolute Gasteiger partial charge is 0.311 e. The van der Waals surface area contributed by atoms with Crippen molar-refractivity contribution in [2.24, 2.45) is 0 Å². The van der Waals surface area contributed by atoms with E-state index in [1.807, 2.05) is 0 Å². The SMILES string of the molecule is CCOc1ccc(C(=O)n2c(=S)[nH]c3c(Cl)cc(Cl)cc3c2=O)cc1[N+](=O)[O-]. The van der Waals surface area contributed by atoms with E-state index in [4.69, 9.17) is 40.2 Å². The summed E-state index contributed by atoms with van der Waals surface area (Å²) in [5.41, 5.74) is -1.01. The summed E-state index contributed by atoms with van der Waals surface area (Å²) in [6, 6.07) is 6.42. The van der Waals surface area contributed by atoms with Gasteiger partial charge in [0.2, 0.25) is 0 Å². The van der Waals surface area contributed by atoms with Gasteiger partial charge in [-0.15, -0.1) is 0 Å². The number of benzene rings is 2. The van der Waals surface area contributed by atoms with E-state index in [0.29, 0.717) is 4.57 Å². The molecule has 0 aliphatic rings. The van der Waals surface area contributed by atoms with Crippen molar-refractivity contribution in [3.05, 3.63) is 71.2 Å². The van der Waals surface area contributed by atoms with E-state index >= 15 is 0 Å². The molecule has 11 heteroatoms. The lowest BCUT2D eigenvalue weighted by atomic mass is 10.1. The number of carbonyl (C=O) groups is 1. The van der Waals surface area contributed by atoms with Gasteiger partial charge in [-0.25, -0.2) is 4.57 Å². The molecule has 1 N–H and O–H groups in total. The Balaban J connectivity index is 2.22. The summed E-state index contributed by atoms with van der Waals surface area (Å²) in [5.74, 6) is -0.825. The molecule has 0 saturated carbocycles. The van der Waals surface area contributed by atoms with Crippen LogP contribution in [0.25, 0.3) is 10.9 Å². The highest BCUT2D eigenvalue weighted by atomic mass is 35.5. The van der Waals surface area contributed by atoms with Gasteiger partial charge in [0.25, 0.3) is 11.5 Å². The third kappa shape index (κ3) is 3.51. The Labute approximate surface area is 172 Å². The van der Waals surface area contributed by atoms with Crippen LogP contribution in [0, 0.1) is 14.9 Å². The molecule has 0 fully saturated rings. The first-order valence-corrected chi connectivity index (χ1v) is 9.01. The first kappa shape index (κ1) is 20.0. The molecular formula is C17H11Cl2N3O5S. The van der Waals surface area contributed by atoms with Crippen LogP contribution in [0.5, 0.6) is 5.75 Å². The van der Waals surface area contributed by atoms with Crippen molar-refractivity contribution in [2.45, 2.75) is 6.92 Å². The third-order valence-electron chi connectivity index (χ3n) is 3.83. The average Bonchev–Trinajstić information content (AvgIpc) is 2.63. The summed E-state index contributed by atoms with van der Waals surface area (Å²) in [7, 11) is 0. The Hall–Kier alpha value is -2.75. The molecule has 0 bridgehead atoms. The second-order valence-corrected chi connectivity index (χ2v) is 6.79. The van der Waals surface area contributed by atoms with Crippen molar-refractivity contribution in [2.75, 3.05) is 6.61 Å². The van der Waals surface area contributed by atoms with Gasteiger partial charge in [-0.05, 0) is 43.4 Å². The Bertz CT molecular complexity index is 1250. The van der Waals surface area contributed by atoms with Gasteiger partial charge in [-0.1, -0.05) is 23.2 Å². The largest absolute Gasteiger partial charge is 0.487 e. The van der Waals surface area contributed by atoms with Crippen molar-refractivity contribution in [1.82, 2.24) is 9.55 Å². The minimum atomic E-state index is -0.838. The normalized spacial score (nSPS) is 10.8. The highest BCUT2D eigenvalue weighted by molar-refractivity contribution is 7.71. The van der Waals surface area contributed by atoms with Crippen LogP contribution in [-0.4, -0.2) is 27.0 Å². The number of hydrogen-bond acceptors (Lipinski definition) is 6. The van der Waals surface area contributed by atoms with E-state index < -0.39 is 22.1 Å². The van der Waals surface area contributed by atoms with E-state index in [2.05, 4.69) is 4.98 Å². The summed E-state index contributed by atoms with van der Waals surface area (Å²) in [6.07, 6.45) is 0. The fraction of sp³-hybridized carbons (Fsp3) is 0.118. The zero-order chi connectivity index (χ0) is 20.6. The number of fused-ring (bicyclic) bond motifs is 1. The number of nitro groups is 1. The average molecular weight is 440 g/mol. The van der Waals surface area contributed by atoms with Gasteiger partial charge in [0.05, 0.1) is 27.5 Å². The number of ether oxygens (including phenoxy) is 1. The predicted molar refractivity (Wildman–Crippen MR) is 107 cm³/mol. The molecule has 0 saturated heterocycles. The van der Waals surface area contributed by atoms with Crippen LogP contribution in [0.3, 0.4) is 0 Å². The quantitative estimate of drug-likeness (QED) is 0.367. The maximum Gasteiger partial charge on any atom is 0.311 e. The summed E-state index contributed by atoms with van der Waals surface area (Å²) in [5, 5.41) is 11.7. The summed E-state index contributed by atoms with van der Waals surface area (Å²) in [4.78, 5) is 39.1. The fourth-order valence-corrected chi connectivity index (χ4v) is 3.44. The molecule has 0 amide bonds. The van der Waals surface area contributed by atoms with Gasteiger partial charge >= 0.3 is 5.69 Å². The second-order valence-electron chi connectivity index (χ2n) is 5.56. The van der Waals surface area contributed by atoms with E-state index in [9.17, 15) is 19.7 Å². The van der Waals surface area contributed by atoms with Gasteiger partial charge < -0.3 is 9.72 Å². The molecule has 3 rings (SSSR count). The minimum Gasteiger partial charge on any atom is -0.487 e. The van der Waals surface area contributed by atoms with Crippen molar-refractivity contribution < 1.29 is 14.5 Å². The molecule has 0 aliphatic carbocycles. The van der Waals surface area contributed by atoms with Gasteiger partial charge in [0.15, 0.2) is 10.5 Å². The van der Waals surface area contributed by atoms with E-state index in [1.54, 1.807) is 6.92 Å². The van der Waals surface area contributed by atoms with Crippen LogP contribution in [0.4, 0.5) is 5.69 Å². The van der Waals surface area contributed by atoms with Crippen molar-refractivity contribution >= 4 is 57.9 Å². The molecule has 8 nitrogen and oxygen atoms in total.